The van der Waals surface area contributed by atoms with E-state index < -0.39 is 0 Å². The van der Waals surface area contributed by atoms with Crippen molar-refractivity contribution < 1.29 is 4.79 Å². The fourth-order valence-corrected chi connectivity index (χ4v) is 1.65. The molecule has 1 unspecified atom stereocenters. The summed E-state index contributed by atoms with van der Waals surface area (Å²) >= 11 is 5.86. The van der Waals surface area contributed by atoms with Crippen molar-refractivity contribution in [2.24, 2.45) is 0 Å². The van der Waals surface area contributed by atoms with Crippen LogP contribution in [-0.4, -0.2) is 27.8 Å². The molecule has 1 amide bonds. The summed E-state index contributed by atoms with van der Waals surface area (Å²) in [4.78, 5) is 21.1. The van der Waals surface area contributed by atoms with Gasteiger partial charge in [-0.25, -0.2) is 9.97 Å². The van der Waals surface area contributed by atoms with Gasteiger partial charge in [-0.15, -0.1) is 11.6 Å². The number of aryl methyl sites for hydroxylation is 1. The second-order valence-electron chi connectivity index (χ2n) is 3.37. The maximum atomic E-state index is 11.4. The molecule has 1 aliphatic heterocycles. The Morgan fingerprint density at radius 2 is 2.14 bits per heavy atom. The van der Waals surface area contributed by atoms with Gasteiger partial charge in [0.05, 0.1) is 5.38 Å². The predicted molar refractivity (Wildman–Crippen MR) is 53.4 cm³/mol. The van der Waals surface area contributed by atoms with Crippen LogP contribution in [0.15, 0.2) is 12.4 Å². The number of carbonyl (C=O) groups excluding carboxylic acids is 1. The number of halogens is 1. The normalized spacial score (nSPS) is 21.7. The smallest absolute Gasteiger partial charge is 0.232 e. The lowest BCUT2D eigenvalue weighted by atomic mass is 10.4. The molecule has 0 aliphatic carbocycles. The van der Waals surface area contributed by atoms with Crippen molar-refractivity contribution in [3.05, 3.63) is 18.0 Å². The number of alkyl halides is 1. The highest BCUT2D eigenvalue weighted by Gasteiger charge is 2.30. The van der Waals surface area contributed by atoms with Crippen LogP contribution in [0, 0.1) is 6.92 Å². The van der Waals surface area contributed by atoms with Crippen molar-refractivity contribution in [2.45, 2.75) is 18.7 Å². The van der Waals surface area contributed by atoms with Crippen molar-refractivity contribution in [2.75, 3.05) is 11.4 Å². The van der Waals surface area contributed by atoms with Crippen LogP contribution in [0.5, 0.6) is 0 Å². The molecule has 1 aromatic heterocycles. The van der Waals surface area contributed by atoms with Crippen molar-refractivity contribution in [3.63, 3.8) is 0 Å². The lowest BCUT2D eigenvalue weighted by molar-refractivity contribution is -0.117. The minimum atomic E-state index is -0.118. The van der Waals surface area contributed by atoms with Crippen LogP contribution in [-0.2, 0) is 4.79 Å². The van der Waals surface area contributed by atoms with E-state index in [4.69, 9.17) is 11.6 Å². The first-order chi connectivity index (χ1) is 6.66. The zero-order valence-corrected chi connectivity index (χ0v) is 8.53. The SMILES string of the molecule is Cc1cnc(N2CC(Cl)CC2=O)nc1. The Labute approximate surface area is 86.9 Å². The first-order valence-electron chi connectivity index (χ1n) is 4.40. The Balaban J connectivity index is 2.23. The maximum absolute atomic E-state index is 11.4. The number of rotatable bonds is 1. The molecule has 0 spiro atoms. The Kier molecular flexibility index (Phi) is 2.37. The minimum Gasteiger partial charge on any atom is -0.279 e. The predicted octanol–water partition coefficient (Wildman–Crippen LogP) is 1.13. The van der Waals surface area contributed by atoms with Crippen molar-refractivity contribution >= 4 is 23.5 Å². The van der Waals surface area contributed by atoms with E-state index in [1.807, 2.05) is 6.92 Å². The van der Waals surface area contributed by atoms with Crippen molar-refractivity contribution in [1.29, 1.82) is 0 Å². The van der Waals surface area contributed by atoms with Gasteiger partial charge in [0.25, 0.3) is 0 Å². The van der Waals surface area contributed by atoms with Gasteiger partial charge in [-0.3, -0.25) is 9.69 Å². The lowest BCUT2D eigenvalue weighted by Gasteiger charge is -2.12. The number of nitrogens with zero attached hydrogens (tertiary/aromatic N) is 3. The minimum absolute atomic E-state index is 0.00569. The zero-order valence-electron chi connectivity index (χ0n) is 7.77. The molecule has 1 fully saturated rings. The van der Waals surface area contributed by atoms with Gasteiger partial charge in [0.1, 0.15) is 0 Å². The third-order valence-electron chi connectivity index (χ3n) is 2.09. The van der Waals surface area contributed by atoms with Crippen LogP contribution in [0.2, 0.25) is 0 Å². The molecule has 4 nitrogen and oxygen atoms in total. The van der Waals surface area contributed by atoms with Crippen LogP contribution >= 0.6 is 11.6 Å². The molecule has 2 rings (SSSR count). The maximum Gasteiger partial charge on any atom is 0.232 e. The molecule has 74 valence electrons. The number of hydrogen-bond acceptors (Lipinski definition) is 3. The third kappa shape index (κ3) is 1.70. The Hall–Kier alpha value is -1.16. The third-order valence-corrected chi connectivity index (χ3v) is 2.38. The average Bonchev–Trinajstić information content (AvgIpc) is 2.47. The van der Waals surface area contributed by atoms with Gasteiger partial charge in [0, 0.05) is 25.4 Å². The summed E-state index contributed by atoms with van der Waals surface area (Å²) < 4.78 is 0. The topological polar surface area (TPSA) is 46.1 Å². The Morgan fingerprint density at radius 3 is 2.64 bits per heavy atom. The second kappa shape index (κ2) is 3.53. The number of amides is 1. The number of hydrogen-bond donors (Lipinski definition) is 0. The van der Waals surface area contributed by atoms with E-state index in [0.717, 1.165) is 5.56 Å². The van der Waals surface area contributed by atoms with E-state index in [9.17, 15) is 4.79 Å². The molecule has 1 atom stereocenters. The van der Waals surface area contributed by atoms with E-state index in [1.165, 1.54) is 4.90 Å². The van der Waals surface area contributed by atoms with E-state index in [-0.39, 0.29) is 11.3 Å². The zero-order chi connectivity index (χ0) is 10.1. The van der Waals surface area contributed by atoms with Gasteiger partial charge >= 0.3 is 0 Å². The molecule has 1 aliphatic rings. The number of aromatic nitrogens is 2. The summed E-state index contributed by atoms with van der Waals surface area (Å²) in [5.41, 5.74) is 0.975. The number of anilines is 1. The number of carbonyl (C=O) groups is 1. The molecule has 0 bridgehead atoms. The van der Waals surface area contributed by atoms with E-state index in [1.54, 1.807) is 12.4 Å². The summed E-state index contributed by atoms with van der Waals surface area (Å²) in [6, 6.07) is 0. The van der Waals surface area contributed by atoms with Gasteiger partial charge < -0.3 is 0 Å². The molecule has 0 radical (unpaired) electrons. The van der Waals surface area contributed by atoms with Gasteiger partial charge in [-0.05, 0) is 12.5 Å². The van der Waals surface area contributed by atoms with Crippen LogP contribution in [0.25, 0.3) is 0 Å². The largest absolute Gasteiger partial charge is 0.279 e. The summed E-state index contributed by atoms with van der Waals surface area (Å²) in [6.07, 6.45) is 3.76. The van der Waals surface area contributed by atoms with Gasteiger partial charge in [0.2, 0.25) is 11.9 Å². The van der Waals surface area contributed by atoms with Gasteiger partial charge in [0.15, 0.2) is 0 Å². The lowest BCUT2D eigenvalue weighted by Crippen LogP contribution is -2.26. The van der Waals surface area contributed by atoms with Crippen LogP contribution in [0.4, 0.5) is 5.95 Å². The van der Waals surface area contributed by atoms with Gasteiger partial charge in [-0.2, -0.15) is 0 Å². The molecular weight excluding hydrogens is 202 g/mol. The fraction of sp³-hybridized carbons (Fsp3) is 0.444. The standard InChI is InChI=1S/C9H10ClN3O/c1-6-3-11-9(12-4-6)13-5-7(10)2-8(13)14/h3-4,7H,2,5H2,1H3. The van der Waals surface area contributed by atoms with E-state index in [0.29, 0.717) is 18.9 Å². The highest BCUT2D eigenvalue weighted by Crippen LogP contribution is 2.20. The van der Waals surface area contributed by atoms with Crippen LogP contribution in [0.3, 0.4) is 0 Å². The summed E-state index contributed by atoms with van der Waals surface area (Å²) in [5.74, 6) is 0.442. The molecule has 0 aromatic carbocycles. The second-order valence-corrected chi connectivity index (χ2v) is 3.98. The monoisotopic (exact) mass is 211 g/mol. The van der Waals surface area contributed by atoms with E-state index in [2.05, 4.69) is 9.97 Å². The molecule has 0 N–H and O–H groups in total. The Morgan fingerprint density at radius 1 is 1.50 bits per heavy atom. The Bertz CT molecular complexity index is 352. The molecule has 1 aromatic rings. The molecule has 1 saturated heterocycles. The van der Waals surface area contributed by atoms with Gasteiger partial charge in [-0.1, -0.05) is 0 Å². The van der Waals surface area contributed by atoms with E-state index >= 15 is 0 Å². The highest BCUT2D eigenvalue weighted by atomic mass is 35.5. The fourth-order valence-electron chi connectivity index (χ4n) is 1.38. The first kappa shape index (κ1) is 9.40. The summed E-state index contributed by atoms with van der Waals surface area (Å²) in [5, 5.41) is -0.118. The highest BCUT2D eigenvalue weighted by molar-refractivity contribution is 6.24. The molecule has 0 saturated carbocycles. The first-order valence-corrected chi connectivity index (χ1v) is 4.83. The van der Waals surface area contributed by atoms with Crippen molar-refractivity contribution in [3.8, 4) is 0 Å². The molecule has 14 heavy (non-hydrogen) atoms. The summed E-state index contributed by atoms with van der Waals surface area (Å²) in [7, 11) is 0. The molecule has 2 heterocycles. The molecule has 5 heteroatoms. The quantitative estimate of drug-likeness (QED) is 0.655. The average molecular weight is 212 g/mol. The summed E-state index contributed by atoms with van der Waals surface area (Å²) in [6.45, 7) is 2.41. The van der Waals surface area contributed by atoms with Crippen molar-refractivity contribution in [1.82, 2.24) is 9.97 Å². The molecular formula is C9H10ClN3O. The van der Waals surface area contributed by atoms with Crippen LogP contribution < -0.4 is 4.90 Å². The van der Waals surface area contributed by atoms with Crippen LogP contribution in [0.1, 0.15) is 12.0 Å².